The second kappa shape index (κ2) is 6.33. The van der Waals surface area contributed by atoms with E-state index in [2.05, 4.69) is 0 Å². The van der Waals surface area contributed by atoms with Gasteiger partial charge in [-0.05, 0) is 29.3 Å². The maximum absolute atomic E-state index is 14.5. The van der Waals surface area contributed by atoms with Crippen molar-refractivity contribution >= 4 is 32.3 Å². The van der Waals surface area contributed by atoms with Gasteiger partial charge < -0.3 is 0 Å². The summed E-state index contributed by atoms with van der Waals surface area (Å²) in [4.78, 5) is -0.664. The highest BCUT2D eigenvalue weighted by molar-refractivity contribution is 7.89. The molecule has 0 unspecified atom stereocenters. The summed E-state index contributed by atoms with van der Waals surface area (Å²) in [5.41, 5.74) is 0.432. The molecule has 2 aromatic rings. The topological polar surface area (TPSA) is 94.3 Å². The van der Waals surface area contributed by atoms with Crippen LogP contribution in [0.15, 0.2) is 41.3 Å². The van der Waals surface area contributed by atoms with Crippen molar-refractivity contribution in [1.29, 1.82) is 0 Å². The molecule has 9 heteroatoms. The number of sulfonamides is 1. The van der Waals surface area contributed by atoms with Crippen LogP contribution in [-0.2, 0) is 26.5 Å². The highest BCUT2D eigenvalue weighted by Crippen LogP contribution is 2.32. The smallest absolute Gasteiger partial charge is 0.232 e. The maximum Gasteiger partial charge on any atom is 0.240 e. The zero-order valence-corrected chi connectivity index (χ0v) is 13.5. The Morgan fingerprint density at radius 3 is 2.41 bits per heavy atom. The average molecular weight is 364 g/mol. The molecule has 0 fully saturated rings. The minimum atomic E-state index is -4.24. The van der Waals surface area contributed by atoms with E-state index in [0.717, 1.165) is 6.07 Å². The third kappa shape index (κ3) is 3.64. The standard InChI is InChI=1S/C13H11ClFNO4S2/c14-9-5-4-8(7-21(17)18)11(6-9)10-2-1-3-12(13(10)15)22(16,19)20/h1-6,21H,7H2,(H2,16,19,20). The summed E-state index contributed by atoms with van der Waals surface area (Å²) in [6.07, 6.45) is 0. The average Bonchev–Trinajstić information content (AvgIpc) is 2.39. The van der Waals surface area contributed by atoms with Gasteiger partial charge in [0.25, 0.3) is 0 Å². The van der Waals surface area contributed by atoms with Crippen molar-refractivity contribution in [2.75, 3.05) is 0 Å². The number of primary sulfonamides is 1. The first kappa shape index (κ1) is 16.9. The maximum atomic E-state index is 14.5. The second-order valence-corrected chi connectivity index (χ2v) is 7.40. The van der Waals surface area contributed by atoms with Crippen LogP contribution >= 0.6 is 11.6 Å². The van der Waals surface area contributed by atoms with Crippen molar-refractivity contribution in [3.05, 3.63) is 52.8 Å². The summed E-state index contributed by atoms with van der Waals surface area (Å²) in [6.45, 7) is 0. The zero-order valence-electron chi connectivity index (χ0n) is 11.0. The highest BCUT2D eigenvalue weighted by atomic mass is 35.5. The molecule has 118 valence electrons. The number of hydrogen-bond acceptors (Lipinski definition) is 4. The number of benzene rings is 2. The van der Waals surface area contributed by atoms with Gasteiger partial charge in [0.1, 0.15) is 15.6 Å². The molecule has 0 spiro atoms. The van der Waals surface area contributed by atoms with E-state index in [1.807, 2.05) is 0 Å². The molecule has 0 atom stereocenters. The van der Waals surface area contributed by atoms with E-state index < -0.39 is 31.4 Å². The Labute approximate surface area is 133 Å². The third-order valence-corrected chi connectivity index (χ3v) is 4.69. The quantitative estimate of drug-likeness (QED) is 0.811. The molecule has 0 bridgehead atoms. The lowest BCUT2D eigenvalue weighted by molar-refractivity contribution is 0.569. The first-order chi connectivity index (χ1) is 10.2. The number of nitrogens with two attached hydrogens (primary N) is 1. The van der Waals surface area contributed by atoms with Crippen LogP contribution in [0.2, 0.25) is 5.02 Å². The monoisotopic (exact) mass is 363 g/mol. The lowest BCUT2D eigenvalue weighted by atomic mass is 10.00. The van der Waals surface area contributed by atoms with Gasteiger partial charge in [0.2, 0.25) is 10.0 Å². The number of thiol groups is 1. The molecule has 0 aliphatic rings. The molecule has 0 saturated carbocycles. The Morgan fingerprint density at radius 2 is 1.82 bits per heavy atom. The minimum absolute atomic E-state index is 0.0825. The van der Waals surface area contributed by atoms with E-state index in [9.17, 15) is 21.2 Å². The SMILES string of the molecule is NS(=O)(=O)c1cccc(-c2cc(Cl)ccc2C[SH](=O)=O)c1F. The van der Waals surface area contributed by atoms with Gasteiger partial charge in [0, 0.05) is 10.6 Å². The molecule has 0 aromatic heterocycles. The van der Waals surface area contributed by atoms with Crippen LogP contribution in [0.5, 0.6) is 0 Å². The predicted octanol–water partition coefficient (Wildman–Crippen LogP) is 1.90. The Bertz CT molecular complexity index is 902. The van der Waals surface area contributed by atoms with E-state index in [1.165, 1.54) is 30.3 Å². The van der Waals surface area contributed by atoms with Crippen molar-refractivity contribution in [3.63, 3.8) is 0 Å². The van der Waals surface area contributed by atoms with Gasteiger partial charge in [-0.25, -0.2) is 26.4 Å². The summed E-state index contributed by atoms with van der Waals surface area (Å²) in [5, 5.41) is 5.23. The molecule has 22 heavy (non-hydrogen) atoms. The Hall–Kier alpha value is -1.48. The number of rotatable bonds is 4. The van der Waals surface area contributed by atoms with Crippen LogP contribution in [-0.4, -0.2) is 16.8 Å². The van der Waals surface area contributed by atoms with Gasteiger partial charge in [0.05, 0.1) is 5.75 Å². The lowest BCUT2D eigenvalue weighted by Gasteiger charge is -2.11. The van der Waals surface area contributed by atoms with Gasteiger partial charge in [0.15, 0.2) is 5.82 Å². The van der Waals surface area contributed by atoms with Crippen LogP contribution in [0.3, 0.4) is 0 Å². The van der Waals surface area contributed by atoms with Crippen LogP contribution in [0, 0.1) is 5.82 Å². The Kier molecular flexibility index (Phi) is 4.86. The van der Waals surface area contributed by atoms with Crippen molar-refractivity contribution in [2.24, 2.45) is 5.14 Å². The minimum Gasteiger partial charge on any atom is -0.232 e. The van der Waals surface area contributed by atoms with Crippen LogP contribution in [0.25, 0.3) is 11.1 Å². The fraction of sp³-hybridized carbons (Fsp3) is 0.0769. The van der Waals surface area contributed by atoms with E-state index in [0.29, 0.717) is 5.56 Å². The second-order valence-electron chi connectivity index (χ2n) is 4.46. The van der Waals surface area contributed by atoms with Crippen LogP contribution in [0.4, 0.5) is 4.39 Å². The van der Waals surface area contributed by atoms with E-state index in [-0.39, 0.29) is 21.9 Å². The first-order valence-corrected chi connectivity index (χ1v) is 9.21. The highest BCUT2D eigenvalue weighted by Gasteiger charge is 2.19. The van der Waals surface area contributed by atoms with Gasteiger partial charge in [-0.1, -0.05) is 29.8 Å². The number of halogens is 2. The van der Waals surface area contributed by atoms with Crippen molar-refractivity contribution < 1.29 is 21.2 Å². The summed E-state index contributed by atoms with van der Waals surface area (Å²) in [7, 11) is -6.98. The third-order valence-electron chi connectivity index (χ3n) is 2.93. The molecular formula is C13H11ClFNO4S2. The summed E-state index contributed by atoms with van der Waals surface area (Å²) >= 11 is 5.87. The van der Waals surface area contributed by atoms with Crippen molar-refractivity contribution in [2.45, 2.75) is 10.6 Å². The first-order valence-electron chi connectivity index (χ1n) is 5.92. The summed E-state index contributed by atoms with van der Waals surface area (Å²) in [5.74, 6) is -1.37. The Balaban J connectivity index is 2.74. The molecule has 0 radical (unpaired) electrons. The molecule has 0 amide bonds. The normalized spacial score (nSPS) is 11.8. The summed E-state index contributed by atoms with van der Waals surface area (Å²) in [6, 6.07) is 7.98. The van der Waals surface area contributed by atoms with Crippen LogP contribution < -0.4 is 5.14 Å². The zero-order chi connectivity index (χ0) is 16.5. The molecular weight excluding hydrogens is 353 g/mol. The molecule has 0 aliphatic heterocycles. The fourth-order valence-electron chi connectivity index (χ4n) is 2.01. The summed E-state index contributed by atoms with van der Waals surface area (Å²) < 4.78 is 59.1. The van der Waals surface area contributed by atoms with Gasteiger partial charge in [-0.3, -0.25) is 0 Å². The van der Waals surface area contributed by atoms with Crippen molar-refractivity contribution in [1.82, 2.24) is 0 Å². The lowest BCUT2D eigenvalue weighted by Crippen LogP contribution is -2.14. The van der Waals surface area contributed by atoms with Gasteiger partial charge in [-0.15, -0.1) is 0 Å². The molecule has 0 heterocycles. The van der Waals surface area contributed by atoms with Gasteiger partial charge in [-0.2, -0.15) is 0 Å². The largest absolute Gasteiger partial charge is 0.240 e. The van der Waals surface area contributed by atoms with E-state index in [4.69, 9.17) is 16.7 Å². The van der Waals surface area contributed by atoms with Gasteiger partial charge >= 0.3 is 0 Å². The molecule has 2 rings (SSSR count). The molecule has 2 aromatic carbocycles. The Morgan fingerprint density at radius 1 is 1.14 bits per heavy atom. The molecule has 0 aliphatic carbocycles. The van der Waals surface area contributed by atoms with E-state index in [1.54, 1.807) is 0 Å². The predicted molar refractivity (Wildman–Crippen MR) is 82.2 cm³/mol. The fourth-order valence-corrected chi connectivity index (χ4v) is 3.37. The van der Waals surface area contributed by atoms with Crippen molar-refractivity contribution in [3.8, 4) is 11.1 Å². The number of hydrogen-bond donors (Lipinski definition) is 2. The van der Waals surface area contributed by atoms with E-state index >= 15 is 0 Å². The van der Waals surface area contributed by atoms with Crippen LogP contribution in [0.1, 0.15) is 5.56 Å². The molecule has 2 N–H and O–H groups in total. The molecule has 0 saturated heterocycles. The molecule has 5 nitrogen and oxygen atoms in total.